The SMILES string of the molecule is Cc1ccc(S(=O)(=O)Nc2c(Cl)cc([N+](=O)[O-])cc2Cl)cc1. The van der Waals surface area contributed by atoms with E-state index < -0.39 is 14.9 Å². The third-order valence-corrected chi connectivity index (χ3v) is 4.77. The molecule has 0 bridgehead atoms. The Bertz CT molecular complexity index is 813. The minimum Gasteiger partial charge on any atom is -0.277 e. The molecule has 0 saturated heterocycles. The number of benzene rings is 2. The minimum atomic E-state index is -3.90. The van der Waals surface area contributed by atoms with Crippen molar-refractivity contribution in [2.45, 2.75) is 11.8 Å². The van der Waals surface area contributed by atoms with Crippen LogP contribution in [0.1, 0.15) is 5.56 Å². The van der Waals surface area contributed by atoms with E-state index in [2.05, 4.69) is 4.72 Å². The van der Waals surface area contributed by atoms with Gasteiger partial charge in [0.1, 0.15) is 0 Å². The van der Waals surface area contributed by atoms with Gasteiger partial charge in [-0.1, -0.05) is 40.9 Å². The van der Waals surface area contributed by atoms with Crippen LogP contribution in [0.5, 0.6) is 0 Å². The Morgan fingerprint density at radius 3 is 2.05 bits per heavy atom. The van der Waals surface area contributed by atoms with Gasteiger partial charge >= 0.3 is 0 Å². The number of nitro groups is 1. The smallest absolute Gasteiger partial charge is 0.272 e. The fraction of sp³-hybridized carbons (Fsp3) is 0.0769. The Morgan fingerprint density at radius 2 is 1.59 bits per heavy atom. The van der Waals surface area contributed by atoms with Gasteiger partial charge in [-0.05, 0) is 19.1 Å². The van der Waals surface area contributed by atoms with Crippen LogP contribution in [0.4, 0.5) is 11.4 Å². The third kappa shape index (κ3) is 3.49. The van der Waals surface area contributed by atoms with Gasteiger partial charge in [-0.2, -0.15) is 0 Å². The van der Waals surface area contributed by atoms with Gasteiger partial charge in [0.15, 0.2) is 0 Å². The van der Waals surface area contributed by atoms with Gasteiger partial charge in [0, 0.05) is 12.1 Å². The average molecular weight is 361 g/mol. The highest BCUT2D eigenvalue weighted by atomic mass is 35.5. The summed E-state index contributed by atoms with van der Waals surface area (Å²) in [5, 5.41) is 10.4. The number of aryl methyl sites for hydroxylation is 1. The van der Waals surface area contributed by atoms with Crippen LogP contribution in [0.25, 0.3) is 0 Å². The first-order valence-electron chi connectivity index (χ1n) is 5.93. The molecule has 0 saturated carbocycles. The predicted octanol–water partition coefficient (Wildman–Crippen LogP) is 4.01. The first-order valence-corrected chi connectivity index (χ1v) is 8.17. The number of nitrogens with one attached hydrogen (secondary N) is 1. The van der Waals surface area contributed by atoms with Crippen molar-refractivity contribution >= 4 is 44.6 Å². The van der Waals surface area contributed by atoms with Crippen molar-refractivity contribution in [3.8, 4) is 0 Å². The molecule has 0 radical (unpaired) electrons. The lowest BCUT2D eigenvalue weighted by Crippen LogP contribution is -2.13. The standard InChI is InChI=1S/C13H10Cl2N2O4S/c1-8-2-4-10(5-3-8)22(20,21)16-13-11(14)6-9(17(18)19)7-12(13)15/h2-7,16H,1H3. The van der Waals surface area contributed by atoms with Crippen LogP contribution in [0.2, 0.25) is 10.0 Å². The Kier molecular flexibility index (Phi) is 4.60. The highest BCUT2D eigenvalue weighted by Gasteiger charge is 2.20. The van der Waals surface area contributed by atoms with E-state index in [1.54, 1.807) is 12.1 Å². The van der Waals surface area contributed by atoms with Crippen molar-refractivity contribution < 1.29 is 13.3 Å². The first-order chi connectivity index (χ1) is 10.2. The molecule has 0 atom stereocenters. The number of hydrogen-bond acceptors (Lipinski definition) is 4. The molecule has 2 aromatic carbocycles. The van der Waals surface area contributed by atoms with Gasteiger partial charge in [-0.15, -0.1) is 0 Å². The molecule has 9 heteroatoms. The van der Waals surface area contributed by atoms with Crippen LogP contribution in [0.15, 0.2) is 41.3 Å². The van der Waals surface area contributed by atoms with E-state index in [-0.39, 0.29) is 26.3 Å². The van der Waals surface area contributed by atoms with Crippen molar-refractivity contribution in [1.82, 2.24) is 0 Å². The summed E-state index contributed by atoms with van der Waals surface area (Å²) in [4.78, 5) is 10.1. The summed E-state index contributed by atoms with van der Waals surface area (Å²) in [5.74, 6) is 0. The molecule has 0 amide bonds. The molecule has 2 rings (SSSR count). The number of non-ortho nitro benzene ring substituents is 1. The topological polar surface area (TPSA) is 89.3 Å². The van der Waals surface area contributed by atoms with E-state index in [0.29, 0.717) is 0 Å². The molecule has 6 nitrogen and oxygen atoms in total. The molecule has 22 heavy (non-hydrogen) atoms. The summed E-state index contributed by atoms with van der Waals surface area (Å²) in [6.07, 6.45) is 0. The second-order valence-electron chi connectivity index (χ2n) is 4.46. The second kappa shape index (κ2) is 6.12. The first kappa shape index (κ1) is 16.5. The lowest BCUT2D eigenvalue weighted by atomic mass is 10.2. The summed E-state index contributed by atoms with van der Waals surface area (Å²) >= 11 is 11.8. The molecule has 0 unspecified atom stereocenters. The van der Waals surface area contributed by atoms with Gasteiger partial charge in [-0.3, -0.25) is 14.8 Å². The minimum absolute atomic E-state index is 0.0311. The second-order valence-corrected chi connectivity index (χ2v) is 6.96. The summed E-state index contributed by atoms with van der Waals surface area (Å²) in [5.41, 5.74) is 0.480. The van der Waals surface area contributed by atoms with Gasteiger partial charge in [-0.25, -0.2) is 8.42 Å². The molecule has 2 aromatic rings. The van der Waals surface area contributed by atoms with Gasteiger partial charge < -0.3 is 0 Å². The van der Waals surface area contributed by atoms with E-state index in [9.17, 15) is 18.5 Å². The summed E-state index contributed by atoms with van der Waals surface area (Å²) < 4.78 is 26.8. The monoisotopic (exact) mass is 360 g/mol. The van der Waals surface area contributed by atoms with Crippen molar-refractivity contribution in [3.05, 3.63) is 62.1 Å². The van der Waals surface area contributed by atoms with Crippen LogP contribution in [-0.2, 0) is 10.0 Å². The van der Waals surface area contributed by atoms with E-state index in [1.807, 2.05) is 6.92 Å². The van der Waals surface area contributed by atoms with E-state index in [0.717, 1.165) is 17.7 Å². The fourth-order valence-electron chi connectivity index (χ4n) is 1.67. The summed E-state index contributed by atoms with van der Waals surface area (Å²) in [7, 11) is -3.90. The number of halogens is 2. The van der Waals surface area contributed by atoms with Crippen molar-refractivity contribution in [2.24, 2.45) is 0 Å². The van der Waals surface area contributed by atoms with Crippen molar-refractivity contribution in [3.63, 3.8) is 0 Å². The Hall–Kier alpha value is -1.83. The molecule has 0 aromatic heterocycles. The van der Waals surface area contributed by atoms with Crippen molar-refractivity contribution in [2.75, 3.05) is 4.72 Å². The average Bonchev–Trinajstić information content (AvgIpc) is 2.43. The molecule has 0 aliphatic rings. The van der Waals surface area contributed by atoms with Crippen LogP contribution >= 0.6 is 23.2 Å². The summed E-state index contributed by atoms with van der Waals surface area (Å²) in [6, 6.07) is 8.22. The number of sulfonamides is 1. The number of nitrogens with zero attached hydrogens (tertiary/aromatic N) is 1. The van der Waals surface area contributed by atoms with E-state index in [4.69, 9.17) is 23.2 Å². The molecule has 116 valence electrons. The number of rotatable bonds is 4. The van der Waals surface area contributed by atoms with E-state index >= 15 is 0 Å². The Labute approximate surface area is 136 Å². The molecule has 0 spiro atoms. The molecule has 0 fully saturated rings. The van der Waals surface area contributed by atoms with Gasteiger partial charge in [0.2, 0.25) is 0 Å². The van der Waals surface area contributed by atoms with Gasteiger partial charge in [0.05, 0.1) is 25.6 Å². The zero-order valence-electron chi connectivity index (χ0n) is 11.2. The normalized spacial score (nSPS) is 11.2. The Morgan fingerprint density at radius 1 is 1.09 bits per heavy atom. The predicted molar refractivity (Wildman–Crippen MR) is 85.1 cm³/mol. The fourth-order valence-corrected chi connectivity index (χ4v) is 3.46. The molecule has 0 aliphatic heterocycles. The maximum absolute atomic E-state index is 12.3. The van der Waals surface area contributed by atoms with Crippen LogP contribution < -0.4 is 4.72 Å². The van der Waals surface area contributed by atoms with Crippen LogP contribution in [0, 0.1) is 17.0 Å². The lowest BCUT2D eigenvalue weighted by molar-refractivity contribution is -0.384. The molecule has 0 aliphatic carbocycles. The number of nitro benzene ring substituents is 1. The third-order valence-electron chi connectivity index (χ3n) is 2.81. The zero-order chi connectivity index (χ0) is 16.5. The van der Waals surface area contributed by atoms with Crippen LogP contribution in [-0.4, -0.2) is 13.3 Å². The lowest BCUT2D eigenvalue weighted by Gasteiger charge is -2.11. The largest absolute Gasteiger partial charge is 0.277 e. The molecule has 1 N–H and O–H groups in total. The quantitative estimate of drug-likeness (QED) is 0.658. The van der Waals surface area contributed by atoms with Crippen LogP contribution in [0.3, 0.4) is 0 Å². The summed E-state index contributed by atoms with van der Waals surface area (Å²) in [6.45, 7) is 1.83. The molecular weight excluding hydrogens is 351 g/mol. The maximum atomic E-state index is 12.3. The molecule has 0 heterocycles. The number of hydrogen-bond donors (Lipinski definition) is 1. The number of anilines is 1. The zero-order valence-corrected chi connectivity index (χ0v) is 13.5. The van der Waals surface area contributed by atoms with E-state index in [1.165, 1.54) is 12.1 Å². The van der Waals surface area contributed by atoms with Gasteiger partial charge in [0.25, 0.3) is 15.7 Å². The highest BCUT2D eigenvalue weighted by molar-refractivity contribution is 7.92. The highest BCUT2D eigenvalue weighted by Crippen LogP contribution is 2.36. The maximum Gasteiger partial charge on any atom is 0.272 e. The molecular formula is C13H10Cl2N2O4S. The Balaban J connectivity index is 2.42. The van der Waals surface area contributed by atoms with Crippen molar-refractivity contribution in [1.29, 1.82) is 0 Å².